The van der Waals surface area contributed by atoms with Crippen LogP contribution in [0.15, 0.2) is 47.1 Å². The second-order valence-electron chi connectivity index (χ2n) is 7.19. The first kappa shape index (κ1) is 18.9. The van der Waals surface area contributed by atoms with Crippen LogP contribution in [0.4, 0.5) is 0 Å². The van der Waals surface area contributed by atoms with E-state index >= 15 is 0 Å². The Kier molecular flexibility index (Phi) is 5.62. The highest BCUT2D eigenvalue weighted by Crippen LogP contribution is 2.28. The zero-order chi connectivity index (χ0) is 19.5. The van der Waals surface area contributed by atoms with E-state index in [9.17, 15) is 9.59 Å². The van der Waals surface area contributed by atoms with Crippen LogP contribution in [-0.4, -0.2) is 52.8 Å². The van der Waals surface area contributed by atoms with E-state index < -0.39 is 0 Å². The fourth-order valence-electron chi connectivity index (χ4n) is 3.44. The number of carbonyl (C=O) groups excluding carboxylic acids is 2. The number of hydrogen-bond acceptors (Lipinski definition) is 4. The molecule has 146 valence electrons. The van der Waals surface area contributed by atoms with E-state index in [-0.39, 0.29) is 17.7 Å². The molecule has 2 heterocycles. The second kappa shape index (κ2) is 8.31. The van der Waals surface area contributed by atoms with Crippen molar-refractivity contribution in [3.05, 3.63) is 52.6 Å². The Morgan fingerprint density at radius 1 is 1.04 bits per heavy atom. The SMILES string of the molecule is O=C(c1ccc(Oc2cccc(Br)c2)nc1)N1CCN(C(=O)C2CCC2)CC1. The van der Waals surface area contributed by atoms with Crippen LogP contribution in [0.1, 0.15) is 29.6 Å². The molecule has 4 rings (SSSR count). The van der Waals surface area contributed by atoms with Crippen LogP contribution in [-0.2, 0) is 4.79 Å². The Bertz CT molecular complexity index is 859. The summed E-state index contributed by atoms with van der Waals surface area (Å²) in [6.45, 7) is 2.35. The van der Waals surface area contributed by atoms with E-state index in [1.54, 1.807) is 23.2 Å². The minimum atomic E-state index is -0.0581. The van der Waals surface area contributed by atoms with Gasteiger partial charge in [0, 0.05) is 48.8 Å². The summed E-state index contributed by atoms with van der Waals surface area (Å²) in [5.74, 6) is 1.52. The molecule has 1 aliphatic heterocycles. The summed E-state index contributed by atoms with van der Waals surface area (Å²) < 4.78 is 6.63. The van der Waals surface area contributed by atoms with Crippen LogP contribution in [0.3, 0.4) is 0 Å². The summed E-state index contributed by atoms with van der Waals surface area (Å²) in [7, 11) is 0. The molecule has 0 unspecified atom stereocenters. The fraction of sp³-hybridized carbons (Fsp3) is 0.381. The maximum absolute atomic E-state index is 12.7. The monoisotopic (exact) mass is 443 g/mol. The number of rotatable bonds is 4. The molecular formula is C21H22BrN3O3. The molecule has 0 bridgehead atoms. The van der Waals surface area contributed by atoms with Crippen molar-refractivity contribution < 1.29 is 14.3 Å². The van der Waals surface area contributed by atoms with Crippen LogP contribution < -0.4 is 4.74 Å². The van der Waals surface area contributed by atoms with Gasteiger partial charge >= 0.3 is 0 Å². The molecule has 1 saturated heterocycles. The van der Waals surface area contributed by atoms with Gasteiger partial charge in [-0.1, -0.05) is 28.4 Å². The van der Waals surface area contributed by atoms with Crippen molar-refractivity contribution >= 4 is 27.7 Å². The third kappa shape index (κ3) is 4.19. The van der Waals surface area contributed by atoms with Gasteiger partial charge < -0.3 is 14.5 Å². The lowest BCUT2D eigenvalue weighted by Gasteiger charge is -2.38. The van der Waals surface area contributed by atoms with Crippen molar-refractivity contribution in [3.8, 4) is 11.6 Å². The largest absolute Gasteiger partial charge is 0.439 e. The summed E-state index contributed by atoms with van der Waals surface area (Å²) in [5, 5.41) is 0. The Morgan fingerprint density at radius 2 is 1.79 bits per heavy atom. The molecular weight excluding hydrogens is 422 g/mol. The summed E-state index contributed by atoms with van der Waals surface area (Å²) in [4.78, 5) is 33.0. The smallest absolute Gasteiger partial charge is 0.255 e. The normalized spacial score (nSPS) is 17.2. The van der Waals surface area contributed by atoms with Gasteiger partial charge in [0.05, 0.1) is 5.56 Å². The molecule has 0 spiro atoms. The number of halogens is 1. The summed E-state index contributed by atoms with van der Waals surface area (Å²) in [6, 6.07) is 10.9. The molecule has 7 heteroatoms. The standard InChI is InChI=1S/C21H22BrN3O3/c22-17-5-2-6-18(13-17)28-19-8-7-16(14-23-19)21(27)25-11-9-24(10-12-25)20(26)15-3-1-4-15/h2,5-8,13-15H,1,3-4,9-12H2. The number of carbonyl (C=O) groups is 2. The van der Waals surface area contributed by atoms with Gasteiger partial charge in [0.2, 0.25) is 11.8 Å². The van der Waals surface area contributed by atoms with Crippen molar-refractivity contribution in [3.63, 3.8) is 0 Å². The third-order valence-corrected chi connectivity index (χ3v) is 5.83. The number of hydrogen-bond donors (Lipinski definition) is 0. The highest BCUT2D eigenvalue weighted by molar-refractivity contribution is 9.10. The molecule has 0 N–H and O–H groups in total. The van der Waals surface area contributed by atoms with Gasteiger partial charge in [-0.05, 0) is 37.1 Å². The molecule has 2 amide bonds. The zero-order valence-corrected chi connectivity index (χ0v) is 17.1. The van der Waals surface area contributed by atoms with Gasteiger partial charge in [0.15, 0.2) is 0 Å². The van der Waals surface area contributed by atoms with Crippen LogP contribution in [0, 0.1) is 5.92 Å². The predicted molar refractivity (Wildman–Crippen MR) is 108 cm³/mol. The maximum atomic E-state index is 12.7. The average Bonchev–Trinajstić information content (AvgIpc) is 2.67. The van der Waals surface area contributed by atoms with Gasteiger partial charge in [-0.3, -0.25) is 9.59 Å². The zero-order valence-electron chi connectivity index (χ0n) is 15.5. The first-order chi connectivity index (χ1) is 13.6. The summed E-state index contributed by atoms with van der Waals surface area (Å²) >= 11 is 3.40. The second-order valence-corrected chi connectivity index (χ2v) is 8.11. The first-order valence-electron chi connectivity index (χ1n) is 9.58. The van der Waals surface area contributed by atoms with Crippen molar-refractivity contribution in [2.45, 2.75) is 19.3 Å². The lowest BCUT2D eigenvalue weighted by molar-refractivity contribution is -0.139. The molecule has 2 fully saturated rings. The summed E-state index contributed by atoms with van der Waals surface area (Å²) in [5.41, 5.74) is 0.528. The lowest BCUT2D eigenvalue weighted by Crippen LogP contribution is -2.52. The summed E-state index contributed by atoms with van der Waals surface area (Å²) in [6.07, 6.45) is 4.72. The Morgan fingerprint density at radius 3 is 2.39 bits per heavy atom. The third-order valence-electron chi connectivity index (χ3n) is 5.33. The van der Waals surface area contributed by atoms with E-state index in [0.29, 0.717) is 43.4 Å². The van der Waals surface area contributed by atoms with E-state index in [2.05, 4.69) is 20.9 Å². The topological polar surface area (TPSA) is 62.7 Å². The number of piperazine rings is 1. The minimum Gasteiger partial charge on any atom is -0.439 e. The van der Waals surface area contributed by atoms with E-state index in [1.165, 1.54) is 0 Å². The Balaban J connectivity index is 1.33. The van der Waals surface area contributed by atoms with Crippen molar-refractivity contribution in [1.82, 2.24) is 14.8 Å². The number of nitrogens with zero attached hydrogens (tertiary/aromatic N) is 3. The minimum absolute atomic E-state index is 0.0581. The number of ether oxygens (including phenoxy) is 1. The van der Waals surface area contributed by atoms with Crippen LogP contribution in [0.2, 0.25) is 0 Å². The van der Waals surface area contributed by atoms with E-state index in [0.717, 1.165) is 23.7 Å². The number of aromatic nitrogens is 1. The van der Waals surface area contributed by atoms with Crippen LogP contribution in [0.5, 0.6) is 11.6 Å². The Hall–Kier alpha value is -2.41. The number of pyridine rings is 1. The molecule has 1 aromatic heterocycles. The molecule has 28 heavy (non-hydrogen) atoms. The lowest BCUT2D eigenvalue weighted by atomic mass is 9.84. The van der Waals surface area contributed by atoms with Gasteiger partial charge in [0.1, 0.15) is 5.75 Å². The molecule has 2 aliphatic rings. The van der Waals surface area contributed by atoms with Gasteiger partial charge in [-0.15, -0.1) is 0 Å². The number of benzene rings is 1. The molecule has 1 aliphatic carbocycles. The van der Waals surface area contributed by atoms with Crippen molar-refractivity contribution in [2.24, 2.45) is 5.92 Å². The van der Waals surface area contributed by atoms with Crippen molar-refractivity contribution in [1.29, 1.82) is 0 Å². The maximum Gasteiger partial charge on any atom is 0.255 e. The van der Waals surface area contributed by atoms with Gasteiger partial charge in [0.25, 0.3) is 5.91 Å². The predicted octanol–water partition coefficient (Wildman–Crippen LogP) is 3.72. The molecule has 0 radical (unpaired) electrons. The molecule has 1 saturated carbocycles. The quantitative estimate of drug-likeness (QED) is 0.721. The fourth-order valence-corrected chi connectivity index (χ4v) is 3.82. The van der Waals surface area contributed by atoms with Crippen molar-refractivity contribution in [2.75, 3.05) is 26.2 Å². The molecule has 0 atom stereocenters. The van der Waals surface area contributed by atoms with Crippen LogP contribution >= 0.6 is 15.9 Å². The molecule has 6 nitrogen and oxygen atoms in total. The molecule has 1 aromatic carbocycles. The van der Waals surface area contributed by atoms with Crippen LogP contribution in [0.25, 0.3) is 0 Å². The average molecular weight is 444 g/mol. The van der Waals surface area contributed by atoms with E-state index in [1.807, 2.05) is 29.2 Å². The van der Waals surface area contributed by atoms with E-state index in [4.69, 9.17) is 4.74 Å². The first-order valence-corrected chi connectivity index (χ1v) is 10.4. The molecule has 2 aromatic rings. The number of amides is 2. The highest BCUT2D eigenvalue weighted by Gasteiger charge is 2.32. The van der Waals surface area contributed by atoms with Gasteiger partial charge in [-0.25, -0.2) is 4.98 Å². The highest BCUT2D eigenvalue weighted by atomic mass is 79.9. The Labute approximate surface area is 172 Å². The van der Waals surface area contributed by atoms with Gasteiger partial charge in [-0.2, -0.15) is 0 Å².